The van der Waals surface area contributed by atoms with E-state index >= 15 is 4.39 Å². The van der Waals surface area contributed by atoms with Crippen LogP contribution in [0.25, 0.3) is 11.0 Å². The summed E-state index contributed by atoms with van der Waals surface area (Å²) in [5.74, 6) is 0.727. The van der Waals surface area contributed by atoms with Gasteiger partial charge in [-0.05, 0) is 68.7 Å². The SMILES string of the molecule is CC1=CCC(c2ccc3c(c2)nc(Nc2ccc(C)cc2)n3Cc2ccccc2C(C)(C)F)=N1. The van der Waals surface area contributed by atoms with Crippen molar-refractivity contribution in [3.05, 3.63) is 101 Å². The van der Waals surface area contributed by atoms with E-state index < -0.39 is 5.67 Å². The van der Waals surface area contributed by atoms with Gasteiger partial charge in [-0.3, -0.25) is 4.99 Å². The molecule has 0 aliphatic carbocycles. The van der Waals surface area contributed by atoms with Crippen LogP contribution in [0.2, 0.25) is 0 Å². The molecule has 0 spiro atoms. The van der Waals surface area contributed by atoms with Crippen LogP contribution >= 0.6 is 0 Å². The Bertz CT molecular complexity index is 1420. The van der Waals surface area contributed by atoms with Gasteiger partial charge in [0.05, 0.1) is 23.3 Å². The maximum Gasteiger partial charge on any atom is 0.208 e. The highest BCUT2D eigenvalue weighted by atomic mass is 19.1. The molecule has 0 saturated carbocycles. The molecule has 1 aliphatic rings. The van der Waals surface area contributed by atoms with Crippen molar-refractivity contribution in [1.29, 1.82) is 0 Å². The van der Waals surface area contributed by atoms with Crippen LogP contribution in [0.3, 0.4) is 0 Å². The summed E-state index contributed by atoms with van der Waals surface area (Å²) < 4.78 is 17.1. The number of imidazole rings is 1. The highest BCUT2D eigenvalue weighted by Gasteiger charge is 2.23. The van der Waals surface area contributed by atoms with Crippen molar-refractivity contribution in [3.63, 3.8) is 0 Å². The predicted molar refractivity (Wildman–Crippen MR) is 139 cm³/mol. The Morgan fingerprint density at radius 2 is 1.76 bits per heavy atom. The smallest absolute Gasteiger partial charge is 0.208 e. The Balaban J connectivity index is 1.61. The molecule has 0 amide bonds. The highest BCUT2D eigenvalue weighted by Crippen LogP contribution is 2.31. The average Bonchev–Trinajstić information content (AvgIpc) is 3.38. The van der Waals surface area contributed by atoms with Gasteiger partial charge < -0.3 is 9.88 Å². The second kappa shape index (κ2) is 8.56. The minimum atomic E-state index is -1.43. The molecule has 1 aromatic heterocycles. The monoisotopic (exact) mass is 452 g/mol. The standard InChI is InChI=1S/C29H29FN4/c1-19-9-13-23(14-10-19)32-28-33-26-17-21(25-15-11-20(2)31-25)12-16-27(26)34(28)18-22-7-5-6-8-24(22)29(3,4)30/h5-14,16-17H,15,18H2,1-4H3,(H,32,33). The maximum atomic E-state index is 15.0. The molecule has 0 bridgehead atoms. The number of halogens is 1. The molecule has 5 rings (SSSR count). The molecule has 3 aromatic carbocycles. The molecular formula is C29H29FN4. The van der Waals surface area contributed by atoms with Crippen molar-refractivity contribution in [3.8, 4) is 0 Å². The van der Waals surface area contributed by atoms with Crippen LogP contribution in [0, 0.1) is 6.92 Å². The van der Waals surface area contributed by atoms with Gasteiger partial charge in [-0.2, -0.15) is 0 Å². The first kappa shape index (κ1) is 22.1. The number of nitrogens with zero attached hydrogens (tertiary/aromatic N) is 3. The first-order valence-electron chi connectivity index (χ1n) is 11.6. The normalized spacial score (nSPS) is 13.8. The quantitative estimate of drug-likeness (QED) is 0.330. The lowest BCUT2D eigenvalue weighted by molar-refractivity contribution is 0.219. The van der Waals surface area contributed by atoms with Gasteiger partial charge in [0, 0.05) is 17.8 Å². The molecule has 2 heterocycles. The summed E-state index contributed by atoms with van der Waals surface area (Å²) in [7, 11) is 0. The molecule has 0 unspecified atom stereocenters. The summed E-state index contributed by atoms with van der Waals surface area (Å²) in [6, 6.07) is 22.2. The third-order valence-electron chi connectivity index (χ3n) is 6.28. The largest absolute Gasteiger partial charge is 0.326 e. The van der Waals surface area contributed by atoms with Gasteiger partial charge in [0.25, 0.3) is 0 Å². The molecular weight excluding hydrogens is 423 g/mol. The van der Waals surface area contributed by atoms with E-state index in [1.165, 1.54) is 5.56 Å². The summed E-state index contributed by atoms with van der Waals surface area (Å²) in [6.45, 7) is 7.81. The maximum absolute atomic E-state index is 15.0. The molecule has 172 valence electrons. The first-order valence-corrected chi connectivity index (χ1v) is 11.6. The van der Waals surface area contributed by atoms with Crippen molar-refractivity contribution in [1.82, 2.24) is 9.55 Å². The van der Waals surface area contributed by atoms with Crippen molar-refractivity contribution in [2.24, 2.45) is 4.99 Å². The molecule has 0 atom stereocenters. The van der Waals surface area contributed by atoms with E-state index in [1.807, 2.05) is 43.3 Å². The summed E-state index contributed by atoms with van der Waals surface area (Å²) >= 11 is 0. The van der Waals surface area contributed by atoms with Gasteiger partial charge in [-0.25, -0.2) is 9.37 Å². The molecule has 1 aliphatic heterocycles. The number of aromatic nitrogens is 2. The topological polar surface area (TPSA) is 42.2 Å². The summed E-state index contributed by atoms with van der Waals surface area (Å²) in [6.07, 6.45) is 2.98. The molecule has 4 aromatic rings. The van der Waals surface area contributed by atoms with Crippen LogP contribution in [0.1, 0.15) is 49.4 Å². The highest BCUT2D eigenvalue weighted by molar-refractivity contribution is 6.05. The zero-order chi connectivity index (χ0) is 23.9. The Kier molecular flexibility index (Phi) is 5.56. The fraction of sp³-hybridized carbons (Fsp3) is 0.241. The number of hydrogen-bond acceptors (Lipinski definition) is 3. The number of rotatable bonds is 6. The molecule has 0 radical (unpaired) electrons. The minimum absolute atomic E-state index is 0.509. The van der Waals surface area contributed by atoms with Crippen molar-refractivity contribution in [2.45, 2.75) is 46.3 Å². The van der Waals surface area contributed by atoms with E-state index in [2.05, 4.69) is 58.2 Å². The molecule has 0 saturated heterocycles. The van der Waals surface area contributed by atoms with Crippen LogP contribution in [0.5, 0.6) is 0 Å². The van der Waals surface area contributed by atoms with E-state index in [1.54, 1.807) is 13.8 Å². The van der Waals surface area contributed by atoms with Crippen LogP contribution in [-0.2, 0) is 12.2 Å². The number of aryl methyl sites for hydroxylation is 1. The Morgan fingerprint density at radius 1 is 1.00 bits per heavy atom. The number of fused-ring (bicyclic) bond motifs is 1. The van der Waals surface area contributed by atoms with Crippen molar-refractivity contribution >= 4 is 28.4 Å². The van der Waals surface area contributed by atoms with E-state index in [-0.39, 0.29) is 0 Å². The van der Waals surface area contributed by atoms with E-state index in [0.717, 1.165) is 51.6 Å². The zero-order valence-corrected chi connectivity index (χ0v) is 20.1. The number of hydrogen-bond donors (Lipinski definition) is 1. The third kappa shape index (κ3) is 4.38. The zero-order valence-electron chi connectivity index (χ0n) is 20.1. The third-order valence-corrected chi connectivity index (χ3v) is 6.28. The second-order valence-electron chi connectivity index (χ2n) is 9.45. The fourth-order valence-corrected chi connectivity index (χ4v) is 4.47. The van der Waals surface area contributed by atoms with E-state index in [4.69, 9.17) is 4.98 Å². The number of anilines is 2. The number of benzene rings is 3. The number of allylic oxidation sites excluding steroid dienone is 2. The van der Waals surface area contributed by atoms with Gasteiger partial charge >= 0.3 is 0 Å². The molecule has 34 heavy (non-hydrogen) atoms. The van der Waals surface area contributed by atoms with Crippen LogP contribution in [0.4, 0.5) is 16.0 Å². The first-order chi connectivity index (χ1) is 16.3. The molecule has 5 heteroatoms. The van der Waals surface area contributed by atoms with Crippen molar-refractivity contribution in [2.75, 3.05) is 5.32 Å². The van der Waals surface area contributed by atoms with Gasteiger partial charge in [-0.15, -0.1) is 0 Å². The lowest BCUT2D eigenvalue weighted by atomic mass is 9.94. The Hall–Kier alpha value is -3.73. The van der Waals surface area contributed by atoms with Crippen LogP contribution < -0.4 is 5.32 Å². The fourth-order valence-electron chi connectivity index (χ4n) is 4.47. The molecule has 1 N–H and O–H groups in total. The van der Waals surface area contributed by atoms with Crippen LogP contribution in [0.15, 0.2) is 83.5 Å². The predicted octanol–water partition coefficient (Wildman–Crippen LogP) is 7.44. The number of aliphatic imine (C=N–C) groups is 1. The summed E-state index contributed by atoms with van der Waals surface area (Å²) in [5.41, 5.74) is 7.42. The minimum Gasteiger partial charge on any atom is -0.326 e. The lowest BCUT2D eigenvalue weighted by Crippen LogP contribution is -2.15. The number of nitrogens with one attached hydrogen (secondary N) is 1. The summed E-state index contributed by atoms with van der Waals surface area (Å²) in [5, 5.41) is 3.48. The Labute approximate surface area is 199 Å². The second-order valence-corrected chi connectivity index (χ2v) is 9.45. The van der Waals surface area contributed by atoms with Crippen molar-refractivity contribution < 1.29 is 4.39 Å². The van der Waals surface area contributed by atoms with Gasteiger partial charge in [0.1, 0.15) is 5.67 Å². The van der Waals surface area contributed by atoms with E-state index in [9.17, 15) is 0 Å². The summed E-state index contributed by atoms with van der Waals surface area (Å²) in [4.78, 5) is 9.62. The number of alkyl halides is 1. The molecule has 4 nitrogen and oxygen atoms in total. The average molecular weight is 453 g/mol. The van der Waals surface area contributed by atoms with Gasteiger partial charge in [0.15, 0.2) is 0 Å². The van der Waals surface area contributed by atoms with Gasteiger partial charge in [0.2, 0.25) is 5.95 Å². The van der Waals surface area contributed by atoms with E-state index in [0.29, 0.717) is 12.1 Å². The Morgan fingerprint density at radius 3 is 2.47 bits per heavy atom. The molecule has 0 fully saturated rings. The van der Waals surface area contributed by atoms with Gasteiger partial charge in [-0.1, -0.05) is 54.1 Å². The lowest BCUT2D eigenvalue weighted by Gasteiger charge is -2.20. The van der Waals surface area contributed by atoms with Crippen LogP contribution in [-0.4, -0.2) is 15.3 Å².